The molecule has 1 atom stereocenters. The van der Waals surface area contributed by atoms with E-state index in [2.05, 4.69) is 13.3 Å². The highest BCUT2D eigenvalue weighted by Gasteiger charge is 2.95. The van der Waals surface area contributed by atoms with Crippen LogP contribution >= 0.6 is 0 Å². The van der Waals surface area contributed by atoms with Crippen LogP contribution in [0.3, 0.4) is 0 Å². The molecule has 242 valence electrons. The quantitative estimate of drug-likeness (QED) is 0.191. The molecule has 1 unspecified atom stereocenters. The van der Waals surface area contributed by atoms with E-state index in [9.17, 15) is 93.4 Å². The summed E-state index contributed by atoms with van der Waals surface area (Å²) in [7, 11) is -6.45. The first-order chi connectivity index (χ1) is 17.6. The van der Waals surface area contributed by atoms with Gasteiger partial charge < -0.3 is 13.3 Å². The van der Waals surface area contributed by atoms with Crippen molar-refractivity contribution in [3.05, 3.63) is 0 Å². The SMILES string of the molecule is CC(=O)O[Si](OC(C)=O)(OC(C)=O)C(F)CC(F)(F)C(F)(F)C(F)(F)C(F)(F)C(F)(F)C(F)(F)C(F)(F)C(F)(F)F. The van der Waals surface area contributed by atoms with Crippen molar-refractivity contribution in [1.82, 2.24) is 0 Å². The molecule has 6 nitrogen and oxygen atoms in total. The fourth-order valence-electron chi connectivity index (χ4n) is 2.53. The first-order valence-electron chi connectivity index (χ1n) is 9.57. The molecule has 0 fully saturated rings. The maximum absolute atomic E-state index is 14.7. The number of hydrogen-bond donors (Lipinski definition) is 0. The Bertz CT molecular complexity index is 969. The van der Waals surface area contributed by atoms with Gasteiger partial charge in [-0.15, -0.1) is 0 Å². The van der Waals surface area contributed by atoms with Crippen LogP contribution in [0.1, 0.15) is 27.2 Å². The van der Waals surface area contributed by atoms with Crippen LogP contribution in [0.15, 0.2) is 0 Å². The van der Waals surface area contributed by atoms with Crippen molar-refractivity contribution in [2.75, 3.05) is 0 Å². The molecule has 0 aromatic heterocycles. The van der Waals surface area contributed by atoms with Crippen LogP contribution in [-0.4, -0.2) is 80.1 Å². The zero-order valence-electron chi connectivity index (χ0n) is 19.5. The molecule has 0 aliphatic heterocycles. The summed E-state index contributed by atoms with van der Waals surface area (Å²) in [6.45, 7) is 0.672. The molecule has 0 rings (SSSR count). The first-order valence-corrected chi connectivity index (χ1v) is 11.4. The lowest BCUT2D eigenvalue weighted by Crippen LogP contribution is -2.74. The number of rotatable bonds is 12. The van der Waals surface area contributed by atoms with E-state index in [1.807, 2.05) is 0 Å². The minimum atomic E-state index is -8.91. The molecule has 0 amide bonds. The van der Waals surface area contributed by atoms with Crippen LogP contribution in [-0.2, 0) is 27.7 Å². The summed E-state index contributed by atoms with van der Waals surface area (Å²) in [5.41, 5.74) is 0. The fourth-order valence-corrected chi connectivity index (χ4v) is 4.75. The van der Waals surface area contributed by atoms with E-state index in [0.717, 1.165) is 0 Å². The van der Waals surface area contributed by atoms with E-state index in [1.54, 1.807) is 0 Å². The lowest BCUT2D eigenvalue weighted by molar-refractivity contribution is -0.462. The molecule has 0 radical (unpaired) electrons. The average molecular weight is 670 g/mol. The highest BCUT2D eigenvalue weighted by Crippen LogP contribution is 2.64. The van der Waals surface area contributed by atoms with Crippen molar-refractivity contribution in [3.8, 4) is 0 Å². The van der Waals surface area contributed by atoms with Gasteiger partial charge in [0.15, 0.2) is 0 Å². The van der Waals surface area contributed by atoms with Gasteiger partial charge in [0, 0.05) is 20.8 Å². The van der Waals surface area contributed by atoms with Gasteiger partial charge in [0.05, 0.1) is 6.42 Å². The third kappa shape index (κ3) is 6.27. The van der Waals surface area contributed by atoms with E-state index in [4.69, 9.17) is 0 Å². The normalized spacial score (nSPS) is 15.7. The second-order valence-electron chi connectivity index (χ2n) is 7.70. The topological polar surface area (TPSA) is 78.9 Å². The third-order valence-corrected chi connectivity index (χ3v) is 7.15. The standard InChI is InChI=1S/C16H12F18O6Si/c1-5(35)38-41(39-6(2)36,40-7(3)37)8(17)4-9(18,19)10(20,21)11(22,23)12(24,25)13(26,27)14(28,29)15(30,31)16(32,33)34/h8H,4H2,1-3H3. The summed E-state index contributed by atoms with van der Waals surface area (Å²) in [5, 5.41) is 0. The Labute approximate surface area is 215 Å². The van der Waals surface area contributed by atoms with E-state index in [-0.39, 0.29) is 20.8 Å². The van der Waals surface area contributed by atoms with Crippen molar-refractivity contribution in [2.45, 2.75) is 80.6 Å². The second-order valence-corrected chi connectivity index (χ2v) is 10.2. The molecule has 0 N–H and O–H groups in total. The van der Waals surface area contributed by atoms with Gasteiger partial charge in [0.25, 0.3) is 17.9 Å². The molecule has 0 aliphatic carbocycles. The largest absolute Gasteiger partial charge is 0.741 e. The van der Waals surface area contributed by atoms with E-state index < -0.39 is 86.6 Å². The number of halogens is 18. The van der Waals surface area contributed by atoms with Gasteiger partial charge in [-0.3, -0.25) is 14.4 Å². The van der Waals surface area contributed by atoms with Gasteiger partial charge in [-0.1, -0.05) is 0 Å². The van der Waals surface area contributed by atoms with Gasteiger partial charge in [-0.2, -0.15) is 74.6 Å². The second kappa shape index (κ2) is 10.9. The first kappa shape index (κ1) is 38.4. The third-order valence-electron chi connectivity index (χ3n) is 4.46. The molecule has 0 bridgehead atoms. The Hall–Kier alpha value is -2.63. The Morgan fingerprint density at radius 2 is 0.756 bits per heavy atom. The Morgan fingerprint density at radius 1 is 0.512 bits per heavy atom. The van der Waals surface area contributed by atoms with E-state index >= 15 is 0 Å². The Morgan fingerprint density at radius 3 is 1.00 bits per heavy atom. The Kier molecular flexibility index (Phi) is 10.2. The summed E-state index contributed by atoms with van der Waals surface area (Å²) < 4.78 is 253. The molecule has 0 aromatic rings. The lowest BCUT2D eigenvalue weighted by atomic mass is 9.88. The van der Waals surface area contributed by atoms with Gasteiger partial charge in [-0.25, -0.2) is 4.39 Å². The van der Waals surface area contributed by atoms with Crippen molar-refractivity contribution >= 4 is 26.7 Å². The minimum Gasteiger partial charge on any atom is -0.454 e. The maximum Gasteiger partial charge on any atom is 0.741 e. The smallest absolute Gasteiger partial charge is 0.454 e. The summed E-state index contributed by atoms with van der Waals surface area (Å²) >= 11 is 0. The lowest BCUT2D eigenvalue weighted by Gasteiger charge is -2.43. The van der Waals surface area contributed by atoms with Crippen molar-refractivity contribution < 1.29 is 107 Å². The molecule has 0 heterocycles. The number of alkyl halides is 18. The highest BCUT2D eigenvalue weighted by molar-refractivity contribution is 6.66. The fraction of sp³-hybridized carbons (Fsp3) is 0.812. The van der Waals surface area contributed by atoms with Crippen molar-refractivity contribution in [3.63, 3.8) is 0 Å². The number of hydrogen-bond acceptors (Lipinski definition) is 6. The highest BCUT2D eigenvalue weighted by atomic mass is 28.4. The molecular weight excluding hydrogens is 658 g/mol. The van der Waals surface area contributed by atoms with Crippen molar-refractivity contribution in [1.29, 1.82) is 0 Å². The predicted molar refractivity (Wildman–Crippen MR) is 91.2 cm³/mol. The van der Waals surface area contributed by atoms with Crippen LogP contribution < -0.4 is 0 Å². The molecule has 25 heteroatoms. The van der Waals surface area contributed by atoms with Crippen LogP contribution in [0, 0.1) is 0 Å². The zero-order valence-corrected chi connectivity index (χ0v) is 20.5. The van der Waals surface area contributed by atoms with Crippen LogP contribution in [0.25, 0.3) is 0 Å². The predicted octanol–water partition coefficient (Wildman–Crippen LogP) is 5.89. The van der Waals surface area contributed by atoms with Crippen LogP contribution in [0.2, 0.25) is 0 Å². The molecule has 0 aliphatic rings. The summed E-state index contributed by atoms with van der Waals surface area (Å²) in [5.74, 6) is -69.4. The number of carbonyl (C=O) groups is 3. The van der Waals surface area contributed by atoms with E-state index in [1.165, 1.54) is 0 Å². The molecule has 41 heavy (non-hydrogen) atoms. The summed E-state index contributed by atoms with van der Waals surface area (Å²) in [4.78, 5) is 33.4. The van der Waals surface area contributed by atoms with Crippen molar-refractivity contribution in [2.24, 2.45) is 0 Å². The van der Waals surface area contributed by atoms with Gasteiger partial charge >= 0.3 is 56.4 Å². The molecule has 0 saturated carbocycles. The minimum absolute atomic E-state index is 0.224. The molecular formula is C16H12F18O6Si. The van der Waals surface area contributed by atoms with Crippen LogP contribution in [0.4, 0.5) is 79.0 Å². The van der Waals surface area contributed by atoms with Crippen LogP contribution in [0.5, 0.6) is 0 Å². The maximum atomic E-state index is 14.7. The Balaban J connectivity index is 6.98. The van der Waals surface area contributed by atoms with E-state index in [0.29, 0.717) is 0 Å². The average Bonchev–Trinajstić information content (AvgIpc) is 2.69. The summed E-state index contributed by atoms with van der Waals surface area (Å²) in [6.07, 6.45) is -11.7. The molecule has 0 aromatic carbocycles. The summed E-state index contributed by atoms with van der Waals surface area (Å²) in [6, 6.07) is 0. The van der Waals surface area contributed by atoms with Gasteiger partial charge in [0.2, 0.25) is 5.79 Å². The molecule has 0 saturated heterocycles. The van der Waals surface area contributed by atoms with Gasteiger partial charge in [-0.05, 0) is 0 Å². The number of carbonyl (C=O) groups excluding carboxylic acids is 3. The molecule has 0 spiro atoms. The monoisotopic (exact) mass is 670 g/mol. The zero-order chi connectivity index (χ0) is 33.6. The van der Waals surface area contributed by atoms with Gasteiger partial charge in [0.1, 0.15) is 0 Å².